The summed E-state index contributed by atoms with van der Waals surface area (Å²) in [7, 11) is 0. The number of fused-ring (bicyclic) bond motifs is 1. The van der Waals surface area contributed by atoms with Gasteiger partial charge in [0, 0.05) is 11.3 Å². The first kappa shape index (κ1) is 10.8. The summed E-state index contributed by atoms with van der Waals surface area (Å²) >= 11 is 0. The van der Waals surface area contributed by atoms with Crippen LogP contribution in [0.25, 0.3) is 16.9 Å². The lowest BCUT2D eigenvalue weighted by Gasteiger charge is -2.02. The molecule has 0 aliphatic heterocycles. The maximum absolute atomic E-state index is 13.8. The van der Waals surface area contributed by atoms with Crippen LogP contribution in [0, 0.1) is 12.7 Å². The molecule has 2 N–H and O–H groups in total. The molecule has 0 saturated heterocycles. The van der Waals surface area contributed by atoms with Crippen molar-refractivity contribution in [3.63, 3.8) is 0 Å². The number of imidazole rings is 1. The van der Waals surface area contributed by atoms with Crippen LogP contribution in [0.4, 0.5) is 10.2 Å². The minimum Gasteiger partial charge on any atom is -0.383 e. The molecule has 90 valence electrons. The van der Waals surface area contributed by atoms with Gasteiger partial charge < -0.3 is 5.73 Å². The second-order valence-electron chi connectivity index (χ2n) is 4.19. The van der Waals surface area contributed by atoms with E-state index in [0.29, 0.717) is 17.1 Å². The highest BCUT2D eigenvalue weighted by Gasteiger charge is 2.14. The standard InChI is InChI=1S/C14H12FN3/c1-9-5-4-8-12-17-13(14(16)18(9)12)10-6-2-3-7-11(10)15/h2-8H,16H2,1H3. The maximum Gasteiger partial charge on any atom is 0.139 e. The molecule has 3 rings (SSSR count). The molecule has 18 heavy (non-hydrogen) atoms. The van der Waals surface area contributed by atoms with E-state index in [1.54, 1.807) is 18.2 Å². The van der Waals surface area contributed by atoms with E-state index in [1.807, 2.05) is 29.5 Å². The number of hydrogen-bond donors (Lipinski definition) is 1. The molecule has 0 bridgehead atoms. The highest BCUT2D eigenvalue weighted by Crippen LogP contribution is 2.29. The Morgan fingerprint density at radius 1 is 1.11 bits per heavy atom. The first-order chi connectivity index (χ1) is 8.68. The Morgan fingerprint density at radius 2 is 1.89 bits per heavy atom. The fraction of sp³-hybridized carbons (Fsp3) is 0.0714. The van der Waals surface area contributed by atoms with Gasteiger partial charge in [-0.1, -0.05) is 18.2 Å². The Kier molecular flexibility index (Phi) is 2.30. The van der Waals surface area contributed by atoms with Gasteiger partial charge in [-0.2, -0.15) is 0 Å². The molecule has 0 radical (unpaired) electrons. The molecule has 2 aromatic heterocycles. The summed E-state index contributed by atoms with van der Waals surface area (Å²) in [5, 5.41) is 0. The minimum absolute atomic E-state index is 0.315. The highest BCUT2D eigenvalue weighted by molar-refractivity contribution is 5.75. The summed E-state index contributed by atoms with van der Waals surface area (Å²) in [5.74, 6) is 0.151. The van der Waals surface area contributed by atoms with Gasteiger partial charge in [-0.25, -0.2) is 9.37 Å². The van der Waals surface area contributed by atoms with Crippen molar-refractivity contribution in [2.75, 3.05) is 5.73 Å². The topological polar surface area (TPSA) is 43.3 Å². The molecule has 0 saturated carbocycles. The van der Waals surface area contributed by atoms with E-state index in [4.69, 9.17) is 5.73 Å². The van der Waals surface area contributed by atoms with E-state index in [9.17, 15) is 4.39 Å². The quantitative estimate of drug-likeness (QED) is 0.711. The number of pyridine rings is 1. The maximum atomic E-state index is 13.8. The van der Waals surface area contributed by atoms with Crippen LogP contribution in [0.2, 0.25) is 0 Å². The Balaban J connectivity index is 2.35. The molecule has 0 unspecified atom stereocenters. The van der Waals surface area contributed by atoms with Crippen molar-refractivity contribution in [1.82, 2.24) is 9.38 Å². The Bertz CT molecular complexity index is 731. The van der Waals surface area contributed by atoms with Gasteiger partial charge >= 0.3 is 0 Å². The lowest BCUT2D eigenvalue weighted by molar-refractivity contribution is 0.631. The molecule has 0 spiro atoms. The summed E-state index contributed by atoms with van der Waals surface area (Å²) in [6.45, 7) is 1.94. The molecule has 4 heteroatoms. The lowest BCUT2D eigenvalue weighted by Crippen LogP contribution is -1.97. The van der Waals surface area contributed by atoms with Crippen LogP contribution in [0.15, 0.2) is 42.5 Å². The van der Waals surface area contributed by atoms with Crippen molar-refractivity contribution in [2.24, 2.45) is 0 Å². The third-order valence-corrected chi connectivity index (χ3v) is 3.00. The van der Waals surface area contributed by atoms with Gasteiger partial charge in [0.1, 0.15) is 23.0 Å². The van der Waals surface area contributed by atoms with Crippen LogP contribution in [0.5, 0.6) is 0 Å². The highest BCUT2D eigenvalue weighted by atomic mass is 19.1. The van der Waals surface area contributed by atoms with Crippen molar-refractivity contribution in [3.8, 4) is 11.3 Å². The predicted octanol–water partition coefficient (Wildman–Crippen LogP) is 3.03. The molecule has 3 aromatic rings. The van der Waals surface area contributed by atoms with Crippen molar-refractivity contribution in [2.45, 2.75) is 6.92 Å². The fourth-order valence-electron chi connectivity index (χ4n) is 2.13. The van der Waals surface area contributed by atoms with Crippen molar-refractivity contribution < 1.29 is 4.39 Å². The molecule has 0 fully saturated rings. The van der Waals surface area contributed by atoms with Crippen LogP contribution in [-0.2, 0) is 0 Å². The normalized spacial score (nSPS) is 11.0. The number of nitrogens with two attached hydrogens (primary N) is 1. The van der Waals surface area contributed by atoms with Gasteiger partial charge in [0.25, 0.3) is 0 Å². The van der Waals surface area contributed by atoms with Gasteiger partial charge in [-0.3, -0.25) is 4.40 Å². The molecule has 3 nitrogen and oxygen atoms in total. The average molecular weight is 241 g/mol. The lowest BCUT2D eigenvalue weighted by atomic mass is 10.1. The third kappa shape index (κ3) is 1.46. The Morgan fingerprint density at radius 3 is 2.61 bits per heavy atom. The summed E-state index contributed by atoms with van der Waals surface area (Å²) in [6.07, 6.45) is 0. The molecule has 0 aliphatic rings. The first-order valence-corrected chi connectivity index (χ1v) is 5.67. The van der Waals surface area contributed by atoms with E-state index in [1.165, 1.54) is 6.07 Å². The number of hydrogen-bond acceptors (Lipinski definition) is 2. The second-order valence-corrected chi connectivity index (χ2v) is 4.19. The summed E-state index contributed by atoms with van der Waals surface area (Å²) < 4.78 is 15.6. The smallest absolute Gasteiger partial charge is 0.139 e. The van der Waals surface area contributed by atoms with Crippen molar-refractivity contribution in [1.29, 1.82) is 0 Å². The Hall–Kier alpha value is -2.36. The monoisotopic (exact) mass is 241 g/mol. The molecule has 0 atom stereocenters. The van der Waals surface area contributed by atoms with Crippen LogP contribution < -0.4 is 5.73 Å². The fourth-order valence-corrected chi connectivity index (χ4v) is 2.13. The number of aryl methyl sites for hydroxylation is 1. The van der Waals surface area contributed by atoms with E-state index in [0.717, 1.165) is 11.3 Å². The number of aromatic nitrogens is 2. The Labute approximate surface area is 104 Å². The van der Waals surface area contributed by atoms with Gasteiger partial charge in [-0.15, -0.1) is 0 Å². The van der Waals surface area contributed by atoms with Crippen molar-refractivity contribution in [3.05, 3.63) is 54.0 Å². The molecular formula is C14H12FN3. The van der Waals surface area contributed by atoms with E-state index < -0.39 is 0 Å². The summed E-state index contributed by atoms with van der Waals surface area (Å²) in [6, 6.07) is 12.2. The molecule has 0 aliphatic carbocycles. The van der Waals surface area contributed by atoms with Gasteiger partial charge in [0.05, 0.1) is 0 Å². The summed E-state index contributed by atoms with van der Waals surface area (Å²) in [4.78, 5) is 4.40. The van der Waals surface area contributed by atoms with Crippen LogP contribution in [0.1, 0.15) is 5.69 Å². The van der Waals surface area contributed by atoms with Crippen molar-refractivity contribution >= 4 is 11.5 Å². The predicted molar refractivity (Wildman–Crippen MR) is 69.7 cm³/mol. The van der Waals surface area contributed by atoms with Gasteiger partial charge in [-0.05, 0) is 31.2 Å². The van der Waals surface area contributed by atoms with Crippen LogP contribution in [0.3, 0.4) is 0 Å². The third-order valence-electron chi connectivity index (χ3n) is 3.00. The molecule has 1 aromatic carbocycles. The second kappa shape index (κ2) is 3.84. The number of nitrogens with zero attached hydrogens (tertiary/aromatic N) is 2. The number of halogens is 1. The van der Waals surface area contributed by atoms with Crippen LogP contribution in [-0.4, -0.2) is 9.38 Å². The van der Waals surface area contributed by atoms with Gasteiger partial charge in [0.2, 0.25) is 0 Å². The van der Waals surface area contributed by atoms with E-state index >= 15 is 0 Å². The van der Waals surface area contributed by atoms with Crippen LogP contribution >= 0.6 is 0 Å². The SMILES string of the molecule is Cc1cccc2nc(-c3ccccc3F)c(N)n12. The first-order valence-electron chi connectivity index (χ1n) is 5.67. The molecule has 2 heterocycles. The number of rotatable bonds is 1. The number of benzene rings is 1. The molecule has 0 amide bonds. The summed E-state index contributed by atoms with van der Waals surface area (Å²) in [5.41, 5.74) is 8.69. The minimum atomic E-state index is -0.315. The van der Waals surface area contributed by atoms with E-state index in [2.05, 4.69) is 4.98 Å². The zero-order valence-electron chi connectivity index (χ0n) is 9.89. The van der Waals surface area contributed by atoms with E-state index in [-0.39, 0.29) is 5.82 Å². The number of nitrogen functional groups attached to an aromatic ring is 1. The zero-order valence-corrected chi connectivity index (χ0v) is 9.89. The average Bonchev–Trinajstić information content (AvgIpc) is 2.69. The zero-order chi connectivity index (χ0) is 12.7. The molecular weight excluding hydrogens is 229 g/mol. The largest absolute Gasteiger partial charge is 0.383 e. The number of anilines is 1. The van der Waals surface area contributed by atoms with Gasteiger partial charge in [0.15, 0.2) is 0 Å².